The van der Waals surface area contributed by atoms with Crippen LogP contribution in [-0.2, 0) is 17.5 Å². The Morgan fingerprint density at radius 1 is 1.15 bits per heavy atom. The lowest BCUT2D eigenvalue weighted by molar-refractivity contribution is -0.137. The molecule has 0 aromatic heterocycles. The number of rotatable bonds is 5. The van der Waals surface area contributed by atoms with E-state index in [4.69, 9.17) is 11.6 Å². The molecule has 176 valence electrons. The van der Waals surface area contributed by atoms with Crippen molar-refractivity contribution in [1.82, 2.24) is 16.0 Å². The maximum Gasteiger partial charge on any atom is 0.416 e. The van der Waals surface area contributed by atoms with E-state index in [-0.39, 0.29) is 40.2 Å². The highest BCUT2D eigenvalue weighted by atomic mass is 35.5. The highest BCUT2D eigenvalue weighted by Crippen LogP contribution is 2.37. The van der Waals surface area contributed by atoms with Gasteiger partial charge in [-0.25, -0.2) is 9.18 Å². The van der Waals surface area contributed by atoms with Crippen molar-refractivity contribution in [3.8, 4) is 0 Å². The Hall–Kier alpha value is -3.07. The number of amides is 3. The standard InChI is InChI=1S/C23H22ClF4N3O2/c1-11(2)21(32)29-10-14-6-9-16(24)17(18(14)25)20-12(3)19(30-22(33)31-20)13-4-7-15(8-5-13)23(26,27)28/h4-9,11,19H,10H2,1-3H3,(H,29,32)(H2,30,31,33). The largest absolute Gasteiger partial charge is 0.416 e. The zero-order valence-corrected chi connectivity index (χ0v) is 18.8. The zero-order chi connectivity index (χ0) is 24.5. The molecule has 1 atom stereocenters. The van der Waals surface area contributed by atoms with Crippen LogP contribution in [0.25, 0.3) is 5.70 Å². The SMILES string of the molecule is CC1=C(c2c(Cl)ccc(CNC(=O)C(C)C)c2F)NC(=O)NC1c1ccc(C(F)(F)F)cc1. The number of nitrogens with one attached hydrogen (secondary N) is 3. The Labute approximate surface area is 193 Å². The van der Waals surface area contributed by atoms with Crippen LogP contribution in [0.3, 0.4) is 0 Å². The summed E-state index contributed by atoms with van der Waals surface area (Å²) in [5.41, 5.74) is 0.254. The summed E-state index contributed by atoms with van der Waals surface area (Å²) in [5.74, 6) is -1.24. The van der Waals surface area contributed by atoms with Crippen LogP contribution in [0, 0.1) is 11.7 Å². The summed E-state index contributed by atoms with van der Waals surface area (Å²) in [6, 6.07) is 5.80. The molecule has 3 rings (SSSR count). The second kappa shape index (κ2) is 9.43. The summed E-state index contributed by atoms with van der Waals surface area (Å²) in [7, 11) is 0. The quantitative estimate of drug-likeness (QED) is 0.488. The van der Waals surface area contributed by atoms with Crippen molar-refractivity contribution < 1.29 is 27.2 Å². The summed E-state index contributed by atoms with van der Waals surface area (Å²) in [4.78, 5) is 24.2. The number of hydrogen-bond acceptors (Lipinski definition) is 2. The van der Waals surface area contributed by atoms with E-state index in [1.807, 2.05) is 0 Å². The van der Waals surface area contributed by atoms with Gasteiger partial charge in [-0.3, -0.25) is 4.79 Å². The molecule has 0 saturated heterocycles. The lowest BCUT2D eigenvalue weighted by Crippen LogP contribution is -2.43. The van der Waals surface area contributed by atoms with Crippen LogP contribution in [0.5, 0.6) is 0 Å². The molecular weight excluding hydrogens is 462 g/mol. The molecule has 2 aromatic rings. The molecule has 0 bridgehead atoms. The Bertz CT molecular complexity index is 1110. The fourth-order valence-corrected chi connectivity index (χ4v) is 3.68. The van der Waals surface area contributed by atoms with Crippen molar-refractivity contribution in [1.29, 1.82) is 0 Å². The molecule has 3 N–H and O–H groups in total. The highest BCUT2D eigenvalue weighted by molar-refractivity contribution is 6.32. The van der Waals surface area contributed by atoms with Gasteiger partial charge in [-0.05, 0) is 36.3 Å². The molecule has 10 heteroatoms. The van der Waals surface area contributed by atoms with Crippen LogP contribution in [0.4, 0.5) is 22.4 Å². The first-order valence-corrected chi connectivity index (χ1v) is 10.5. The van der Waals surface area contributed by atoms with E-state index < -0.39 is 29.6 Å². The summed E-state index contributed by atoms with van der Waals surface area (Å²) in [5, 5.41) is 7.85. The molecule has 0 aliphatic carbocycles. The highest BCUT2D eigenvalue weighted by Gasteiger charge is 2.32. The third-order valence-corrected chi connectivity index (χ3v) is 5.63. The van der Waals surface area contributed by atoms with Gasteiger partial charge in [0, 0.05) is 18.0 Å². The number of carbonyl (C=O) groups excluding carboxylic acids is 2. The van der Waals surface area contributed by atoms with E-state index in [0.29, 0.717) is 11.1 Å². The fraction of sp³-hybridized carbons (Fsp3) is 0.304. The third kappa shape index (κ3) is 5.30. The van der Waals surface area contributed by atoms with Crippen LogP contribution in [0.2, 0.25) is 5.02 Å². The first kappa shape index (κ1) is 24.6. The van der Waals surface area contributed by atoms with Crippen LogP contribution in [0.15, 0.2) is 42.0 Å². The van der Waals surface area contributed by atoms with Crippen molar-refractivity contribution in [3.05, 3.63) is 75.1 Å². The van der Waals surface area contributed by atoms with Crippen molar-refractivity contribution in [3.63, 3.8) is 0 Å². The van der Waals surface area contributed by atoms with Crippen LogP contribution in [-0.4, -0.2) is 11.9 Å². The van der Waals surface area contributed by atoms with Crippen LogP contribution < -0.4 is 16.0 Å². The van der Waals surface area contributed by atoms with Gasteiger partial charge in [-0.15, -0.1) is 0 Å². The second-order valence-electron chi connectivity index (χ2n) is 7.98. The monoisotopic (exact) mass is 483 g/mol. The molecule has 1 unspecified atom stereocenters. The van der Waals surface area contributed by atoms with E-state index >= 15 is 4.39 Å². The van der Waals surface area contributed by atoms with Crippen molar-refractivity contribution in [2.24, 2.45) is 5.92 Å². The minimum atomic E-state index is -4.49. The molecular formula is C23H22ClF4N3O2. The number of benzene rings is 2. The van der Waals surface area contributed by atoms with Gasteiger partial charge in [0.1, 0.15) is 5.82 Å². The zero-order valence-electron chi connectivity index (χ0n) is 18.0. The maximum absolute atomic E-state index is 15.4. The van der Waals surface area contributed by atoms with E-state index in [0.717, 1.165) is 12.1 Å². The van der Waals surface area contributed by atoms with Crippen LogP contribution in [0.1, 0.15) is 49.1 Å². The van der Waals surface area contributed by atoms with Gasteiger partial charge in [-0.1, -0.05) is 43.6 Å². The number of carbonyl (C=O) groups is 2. The predicted octanol–water partition coefficient (Wildman–Crippen LogP) is 5.56. The average molecular weight is 484 g/mol. The van der Waals surface area contributed by atoms with E-state index in [9.17, 15) is 22.8 Å². The molecule has 1 heterocycles. The number of alkyl halides is 3. The van der Waals surface area contributed by atoms with Gasteiger partial charge in [0.25, 0.3) is 0 Å². The van der Waals surface area contributed by atoms with Gasteiger partial charge >= 0.3 is 12.2 Å². The third-order valence-electron chi connectivity index (χ3n) is 5.31. The summed E-state index contributed by atoms with van der Waals surface area (Å²) in [6.45, 7) is 4.96. The first-order chi connectivity index (χ1) is 15.4. The number of halogens is 5. The predicted molar refractivity (Wildman–Crippen MR) is 117 cm³/mol. The lowest BCUT2D eigenvalue weighted by Gasteiger charge is -2.30. The van der Waals surface area contributed by atoms with E-state index in [1.165, 1.54) is 24.3 Å². The minimum absolute atomic E-state index is 0.0363. The second-order valence-corrected chi connectivity index (χ2v) is 8.38. The molecule has 0 spiro atoms. The molecule has 1 aliphatic rings. The molecule has 3 amide bonds. The smallest absolute Gasteiger partial charge is 0.352 e. The molecule has 1 aliphatic heterocycles. The summed E-state index contributed by atoms with van der Waals surface area (Å²) < 4.78 is 54.1. The Kier molecular flexibility index (Phi) is 7.02. The van der Waals surface area contributed by atoms with Crippen molar-refractivity contribution >= 4 is 29.2 Å². The van der Waals surface area contributed by atoms with Crippen molar-refractivity contribution in [2.75, 3.05) is 0 Å². The average Bonchev–Trinajstić information content (AvgIpc) is 2.74. The molecule has 0 saturated carbocycles. The maximum atomic E-state index is 15.4. The fourth-order valence-electron chi connectivity index (χ4n) is 3.44. The topological polar surface area (TPSA) is 70.2 Å². The Morgan fingerprint density at radius 2 is 1.79 bits per heavy atom. The molecule has 33 heavy (non-hydrogen) atoms. The van der Waals surface area contributed by atoms with Gasteiger partial charge < -0.3 is 16.0 Å². The Morgan fingerprint density at radius 3 is 2.36 bits per heavy atom. The van der Waals surface area contributed by atoms with Crippen LogP contribution >= 0.6 is 11.6 Å². The van der Waals surface area contributed by atoms with Gasteiger partial charge in [0.05, 0.1) is 27.9 Å². The first-order valence-electron chi connectivity index (χ1n) is 10.1. The molecule has 0 fully saturated rings. The van der Waals surface area contributed by atoms with Crippen molar-refractivity contribution in [2.45, 2.75) is 39.5 Å². The molecule has 0 radical (unpaired) electrons. The van der Waals surface area contributed by atoms with Gasteiger partial charge in [0.15, 0.2) is 0 Å². The lowest BCUT2D eigenvalue weighted by atomic mass is 9.92. The molecule has 2 aromatic carbocycles. The molecule has 5 nitrogen and oxygen atoms in total. The summed E-state index contributed by atoms with van der Waals surface area (Å²) in [6.07, 6.45) is -4.49. The minimum Gasteiger partial charge on any atom is -0.352 e. The summed E-state index contributed by atoms with van der Waals surface area (Å²) >= 11 is 6.27. The number of hydrogen-bond donors (Lipinski definition) is 3. The number of urea groups is 1. The van der Waals surface area contributed by atoms with E-state index in [2.05, 4.69) is 16.0 Å². The normalized spacial score (nSPS) is 16.5. The van der Waals surface area contributed by atoms with E-state index in [1.54, 1.807) is 20.8 Å². The van der Waals surface area contributed by atoms with Gasteiger partial charge in [-0.2, -0.15) is 13.2 Å². The van der Waals surface area contributed by atoms with Gasteiger partial charge in [0.2, 0.25) is 5.91 Å². The Balaban J connectivity index is 2.01.